The molecule has 0 bridgehead atoms. The Hall–Kier alpha value is -1.77. The van der Waals surface area contributed by atoms with Gasteiger partial charge in [0.25, 0.3) is 0 Å². The largest absolute Gasteiger partial charge is 0.366 e. The van der Waals surface area contributed by atoms with Crippen LogP contribution in [0.2, 0.25) is 0 Å². The maximum absolute atomic E-state index is 12.8. The first-order valence-electron chi connectivity index (χ1n) is 8.80. The number of allylic oxidation sites excluding steroid dienone is 1. The third-order valence-electron chi connectivity index (χ3n) is 4.18. The fourth-order valence-corrected chi connectivity index (χ4v) is 2.86. The summed E-state index contributed by atoms with van der Waals surface area (Å²) in [5.41, 5.74) is 3.17. The van der Waals surface area contributed by atoms with Crippen molar-refractivity contribution >= 4 is 11.6 Å². The molecule has 1 aromatic carbocycles. The molecule has 0 saturated carbocycles. The SMILES string of the molecule is C/C=C\N(CCCCC)C(CC)C(=O)Nc1c(C)cccc1C. The highest BCUT2D eigenvalue weighted by Crippen LogP contribution is 2.21. The van der Waals surface area contributed by atoms with Gasteiger partial charge in [-0.15, -0.1) is 0 Å². The molecule has 0 aliphatic rings. The second-order valence-electron chi connectivity index (χ2n) is 6.11. The van der Waals surface area contributed by atoms with Crippen LogP contribution < -0.4 is 5.32 Å². The third-order valence-corrected chi connectivity index (χ3v) is 4.18. The van der Waals surface area contributed by atoms with Crippen molar-refractivity contribution in [3.05, 3.63) is 41.6 Å². The predicted octanol–water partition coefficient (Wildman–Crippen LogP) is 5.05. The van der Waals surface area contributed by atoms with E-state index < -0.39 is 0 Å². The molecule has 3 heteroatoms. The van der Waals surface area contributed by atoms with Gasteiger partial charge in [0.05, 0.1) is 0 Å². The molecule has 1 aromatic rings. The second-order valence-corrected chi connectivity index (χ2v) is 6.11. The topological polar surface area (TPSA) is 32.3 Å². The summed E-state index contributed by atoms with van der Waals surface area (Å²) in [4.78, 5) is 15.0. The van der Waals surface area contributed by atoms with Crippen molar-refractivity contribution in [2.45, 2.75) is 66.3 Å². The molecule has 0 fully saturated rings. The van der Waals surface area contributed by atoms with Gasteiger partial charge in [-0.05, 0) is 50.9 Å². The standard InChI is InChI=1S/C20H32N2O/c1-6-9-10-15-22(14-7-2)18(8-3)20(23)21-19-16(4)12-11-13-17(19)5/h7,11-14,18H,6,8-10,15H2,1-5H3,(H,21,23)/b14-7-. The van der Waals surface area contributed by atoms with Crippen molar-refractivity contribution in [2.24, 2.45) is 0 Å². The van der Waals surface area contributed by atoms with Gasteiger partial charge < -0.3 is 10.2 Å². The smallest absolute Gasteiger partial charge is 0.247 e. The molecular formula is C20H32N2O. The number of amides is 1. The van der Waals surface area contributed by atoms with E-state index in [4.69, 9.17) is 0 Å². The Morgan fingerprint density at radius 2 is 1.87 bits per heavy atom. The fourth-order valence-electron chi connectivity index (χ4n) is 2.86. The van der Waals surface area contributed by atoms with E-state index in [1.165, 1.54) is 12.8 Å². The van der Waals surface area contributed by atoms with Crippen molar-refractivity contribution in [1.29, 1.82) is 0 Å². The van der Waals surface area contributed by atoms with E-state index in [9.17, 15) is 4.79 Å². The number of anilines is 1. The first kappa shape index (κ1) is 19.3. The summed E-state index contributed by atoms with van der Waals surface area (Å²) in [6.07, 6.45) is 8.37. The van der Waals surface area contributed by atoms with Gasteiger partial charge in [-0.25, -0.2) is 0 Å². The van der Waals surface area contributed by atoms with E-state index in [1.54, 1.807) is 0 Å². The zero-order chi connectivity index (χ0) is 17.2. The number of nitrogens with zero attached hydrogens (tertiary/aromatic N) is 1. The zero-order valence-electron chi connectivity index (χ0n) is 15.4. The first-order chi connectivity index (χ1) is 11.0. The third kappa shape index (κ3) is 5.74. The Bertz CT molecular complexity index is 502. The van der Waals surface area contributed by atoms with Crippen LogP contribution in [0.5, 0.6) is 0 Å². The number of para-hydroxylation sites is 1. The normalized spacial score (nSPS) is 12.4. The van der Waals surface area contributed by atoms with Gasteiger partial charge >= 0.3 is 0 Å². The Morgan fingerprint density at radius 3 is 2.39 bits per heavy atom. The van der Waals surface area contributed by atoms with Crippen molar-refractivity contribution in [2.75, 3.05) is 11.9 Å². The highest BCUT2D eigenvalue weighted by atomic mass is 16.2. The highest BCUT2D eigenvalue weighted by molar-refractivity contribution is 5.96. The second kappa shape index (κ2) is 10.1. The summed E-state index contributed by atoms with van der Waals surface area (Å²) in [7, 11) is 0. The molecule has 0 heterocycles. The molecule has 3 nitrogen and oxygen atoms in total. The maximum Gasteiger partial charge on any atom is 0.247 e. The van der Waals surface area contributed by atoms with E-state index in [2.05, 4.69) is 24.1 Å². The van der Waals surface area contributed by atoms with E-state index >= 15 is 0 Å². The molecule has 0 saturated heterocycles. The summed E-state index contributed by atoms with van der Waals surface area (Å²) in [6, 6.07) is 5.97. The molecule has 0 spiro atoms. The summed E-state index contributed by atoms with van der Waals surface area (Å²) in [5.74, 6) is 0.0829. The van der Waals surface area contributed by atoms with Gasteiger partial charge in [-0.2, -0.15) is 0 Å². The Labute approximate surface area is 141 Å². The summed E-state index contributed by atoms with van der Waals surface area (Å²) in [5, 5.41) is 3.14. The van der Waals surface area contributed by atoms with Crippen molar-refractivity contribution < 1.29 is 4.79 Å². The zero-order valence-corrected chi connectivity index (χ0v) is 15.4. The molecule has 23 heavy (non-hydrogen) atoms. The quantitative estimate of drug-likeness (QED) is 0.647. The molecule has 1 amide bonds. The predicted molar refractivity (Wildman–Crippen MR) is 99.7 cm³/mol. The molecule has 0 aliphatic carbocycles. The van der Waals surface area contributed by atoms with Crippen LogP contribution in [0, 0.1) is 13.8 Å². The number of rotatable bonds is 9. The lowest BCUT2D eigenvalue weighted by Crippen LogP contribution is -2.41. The van der Waals surface area contributed by atoms with Crippen LogP contribution in [0.4, 0.5) is 5.69 Å². The molecule has 128 valence electrons. The number of benzene rings is 1. The molecule has 0 radical (unpaired) electrons. The minimum atomic E-state index is -0.123. The number of nitrogens with one attached hydrogen (secondary N) is 1. The molecule has 1 rings (SSSR count). The number of hydrogen-bond donors (Lipinski definition) is 1. The number of hydrogen-bond acceptors (Lipinski definition) is 2. The minimum absolute atomic E-state index is 0.0829. The van der Waals surface area contributed by atoms with Gasteiger partial charge in [0, 0.05) is 12.2 Å². The summed E-state index contributed by atoms with van der Waals surface area (Å²) >= 11 is 0. The molecule has 1 atom stereocenters. The van der Waals surface area contributed by atoms with Crippen molar-refractivity contribution in [1.82, 2.24) is 4.90 Å². The van der Waals surface area contributed by atoms with Gasteiger partial charge in [-0.3, -0.25) is 4.79 Å². The van der Waals surface area contributed by atoms with E-state index in [0.717, 1.165) is 36.2 Å². The van der Waals surface area contributed by atoms with Gasteiger partial charge in [0.15, 0.2) is 0 Å². The van der Waals surface area contributed by atoms with Crippen molar-refractivity contribution in [3.63, 3.8) is 0 Å². The minimum Gasteiger partial charge on any atom is -0.366 e. The molecule has 0 aliphatic heterocycles. The Kier molecular flexibility index (Phi) is 8.46. The van der Waals surface area contributed by atoms with Crippen LogP contribution in [0.15, 0.2) is 30.5 Å². The average Bonchev–Trinajstić information content (AvgIpc) is 2.52. The monoisotopic (exact) mass is 316 g/mol. The van der Waals surface area contributed by atoms with Crippen LogP contribution in [0.3, 0.4) is 0 Å². The summed E-state index contributed by atoms with van der Waals surface area (Å²) < 4.78 is 0. The van der Waals surface area contributed by atoms with Gasteiger partial charge in [-0.1, -0.05) is 51.0 Å². The molecule has 1 N–H and O–H groups in total. The molecular weight excluding hydrogens is 284 g/mol. The fraction of sp³-hybridized carbons (Fsp3) is 0.550. The lowest BCUT2D eigenvalue weighted by molar-refractivity contribution is -0.120. The average molecular weight is 316 g/mol. The van der Waals surface area contributed by atoms with E-state index in [-0.39, 0.29) is 11.9 Å². The number of carbonyl (C=O) groups excluding carboxylic acids is 1. The lowest BCUT2D eigenvalue weighted by atomic mass is 10.1. The number of carbonyl (C=O) groups is 1. The van der Waals surface area contributed by atoms with E-state index in [0.29, 0.717) is 0 Å². The van der Waals surface area contributed by atoms with Crippen LogP contribution in [0.1, 0.15) is 57.6 Å². The number of unbranched alkanes of at least 4 members (excludes halogenated alkanes) is 2. The first-order valence-corrected chi connectivity index (χ1v) is 8.80. The van der Waals surface area contributed by atoms with Crippen LogP contribution in [-0.2, 0) is 4.79 Å². The van der Waals surface area contributed by atoms with Crippen molar-refractivity contribution in [3.8, 4) is 0 Å². The van der Waals surface area contributed by atoms with Gasteiger partial charge in [0.2, 0.25) is 5.91 Å². The lowest BCUT2D eigenvalue weighted by Gasteiger charge is -2.29. The Morgan fingerprint density at radius 1 is 1.22 bits per heavy atom. The molecule has 0 aromatic heterocycles. The van der Waals surface area contributed by atoms with E-state index in [1.807, 2.05) is 51.2 Å². The van der Waals surface area contributed by atoms with Gasteiger partial charge in [0.1, 0.15) is 6.04 Å². The Balaban J connectivity index is 2.86. The number of aryl methyl sites for hydroxylation is 2. The highest BCUT2D eigenvalue weighted by Gasteiger charge is 2.22. The van der Waals surface area contributed by atoms with Crippen LogP contribution >= 0.6 is 0 Å². The maximum atomic E-state index is 12.8. The van der Waals surface area contributed by atoms with Crippen LogP contribution in [0.25, 0.3) is 0 Å². The summed E-state index contributed by atoms with van der Waals surface area (Å²) in [6.45, 7) is 11.3. The molecule has 1 unspecified atom stereocenters. The van der Waals surface area contributed by atoms with Crippen LogP contribution in [-0.4, -0.2) is 23.4 Å².